The van der Waals surface area contributed by atoms with E-state index in [1.807, 2.05) is 0 Å². The molecule has 0 aliphatic carbocycles. The summed E-state index contributed by atoms with van der Waals surface area (Å²) < 4.78 is 45.9. The van der Waals surface area contributed by atoms with E-state index in [-0.39, 0.29) is 22.0 Å². The first-order valence-electron chi connectivity index (χ1n) is 8.32. The third kappa shape index (κ3) is 5.04. The molecule has 0 saturated heterocycles. The summed E-state index contributed by atoms with van der Waals surface area (Å²) in [5, 5.41) is 3.12. The fourth-order valence-electron chi connectivity index (χ4n) is 2.48. The number of anilines is 2. The van der Waals surface area contributed by atoms with Crippen molar-refractivity contribution in [3.8, 4) is 5.75 Å². The zero-order valence-corrected chi connectivity index (χ0v) is 16.7. The van der Waals surface area contributed by atoms with Crippen LogP contribution in [0.4, 0.5) is 15.8 Å². The van der Waals surface area contributed by atoms with E-state index < -0.39 is 21.7 Å². The first-order chi connectivity index (χ1) is 13.8. The van der Waals surface area contributed by atoms with E-state index in [1.54, 1.807) is 24.3 Å². The van der Waals surface area contributed by atoms with Gasteiger partial charge in [0.25, 0.3) is 15.9 Å². The van der Waals surface area contributed by atoms with E-state index in [0.717, 1.165) is 12.1 Å². The molecular formula is C20H16ClFN2O4S. The molecule has 150 valence electrons. The summed E-state index contributed by atoms with van der Waals surface area (Å²) in [4.78, 5) is 12.4. The van der Waals surface area contributed by atoms with Gasteiger partial charge in [-0.25, -0.2) is 12.8 Å². The summed E-state index contributed by atoms with van der Waals surface area (Å²) in [6.45, 7) is 0. The predicted molar refractivity (Wildman–Crippen MR) is 110 cm³/mol. The lowest BCUT2D eigenvalue weighted by Crippen LogP contribution is -2.15. The molecule has 0 spiro atoms. The van der Waals surface area contributed by atoms with Crippen molar-refractivity contribution in [2.45, 2.75) is 4.90 Å². The second-order valence-corrected chi connectivity index (χ2v) is 8.05. The van der Waals surface area contributed by atoms with Crippen molar-refractivity contribution in [1.82, 2.24) is 0 Å². The monoisotopic (exact) mass is 434 g/mol. The first-order valence-corrected chi connectivity index (χ1v) is 10.2. The number of amides is 1. The van der Waals surface area contributed by atoms with Gasteiger partial charge in [-0.05, 0) is 66.7 Å². The molecule has 9 heteroatoms. The Kier molecular flexibility index (Phi) is 6.05. The summed E-state index contributed by atoms with van der Waals surface area (Å²) in [6.07, 6.45) is 0. The Bertz CT molecular complexity index is 1130. The SMILES string of the molecule is COc1ccc(S(=O)(=O)Nc2ccc(F)cc2)cc1NC(=O)c1ccc(Cl)cc1. The number of carbonyl (C=O) groups excluding carboxylic acids is 1. The van der Waals surface area contributed by atoms with Crippen molar-refractivity contribution < 1.29 is 22.3 Å². The van der Waals surface area contributed by atoms with Crippen LogP contribution in [0.15, 0.2) is 71.6 Å². The van der Waals surface area contributed by atoms with E-state index in [4.69, 9.17) is 16.3 Å². The molecule has 2 N–H and O–H groups in total. The van der Waals surface area contributed by atoms with Crippen molar-refractivity contribution in [2.24, 2.45) is 0 Å². The predicted octanol–water partition coefficient (Wildman–Crippen LogP) is 4.54. The maximum absolute atomic E-state index is 13.0. The van der Waals surface area contributed by atoms with Crippen molar-refractivity contribution in [1.29, 1.82) is 0 Å². The van der Waals surface area contributed by atoms with Gasteiger partial charge in [-0.3, -0.25) is 9.52 Å². The Balaban J connectivity index is 1.88. The lowest BCUT2D eigenvalue weighted by Gasteiger charge is -2.13. The van der Waals surface area contributed by atoms with E-state index in [9.17, 15) is 17.6 Å². The number of hydrogen-bond acceptors (Lipinski definition) is 4. The average molecular weight is 435 g/mol. The molecule has 0 aromatic heterocycles. The standard InChI is InChI=1S/C20H16ClFN2O4S/c1-28-19-11-10-17(29(26,27)24-16-8-6-15(22)7-9-16)12-18(19)23-20(25)13-2-4-14(21)5-3-13/h2-12,24H,1H3,(H,23,25). The number of nitrogens with one attached hydrogen (secondary N) is 2. The lowest BCUT2D eigenvalue weighted by atomic mass is 10.2. The molecule has 0 aliphatic rings. The van der Waals surface area contributed by atoms with Gasteiger partial charge in [-0.2, -0.15) is 0 Å². The summed E-state index contributed by atoms with van der Waals surface area (Å²) in [5.41, 5.74) is 0.720. The molecule has 0 heterocycles. The highest BCUT2D eigenvalue weighted by molar-refractivity contribution is 7.92. The number of sulfonamides is 1. The van der Waals surface area contributed by atoms with Crippen molar-refractivity contribution in [2.75, 3.05) is 17.1 Å². The topological polar surface area (TPSA) is 84.5 Å². The van der Waals surface area contributed by atoms with Gasteiger partial charge in [0.05, 0.1) is 17.7 Å². The quantitative estimate of drug-likeness (QED) is 0.596. The van der Waals surface area contributed by atoms with E-state index in [0.29, 0.717) is 10.6 Å². The Morgan fingerprint density at radius 2 is 1.66 bits per heavy atom. The molecule has 0 radical (unpaired) electrons. The molecule has 0 atom stereocenters. The minimum absolute atomic E-state index is 0.103. The van der Waals surface area contributed by atoms with Crippen LogP contribution in [0.2, 0.25) is 5.02 Å². The Hall–Kier alpha value is -3.10. The number of hydrogen-bond donors (Lipinski definition) is 2. The van der Waals surface area contributed by atoms with E-state index in [1.165, 1.54) is 37.4 Å². The molecular weight excluding hydrogens is 419 g/mol. The summed E-state index contributed by atoms with van der Waals surface area (Å²) in [6, 6.07) is 15.2. The number of methoxy groups -OCH3 is 1. The number of carbonyl (C=O) groups is 1. The molecule has 0 bridgehead atoms. The average Bonchev–Trinajstić information content (AvgIpc) is 2.70. The van der Waals surface area contributed by atoms with Gasteiger partial charge in [0, 0.05) is 16.3 Å². The minimum Gasteiger partial charge on any atom is -0.495 e. The summed E-state index contributed by atoms with van der Waals surface area (Å²) in [7, 11) is -2.58. The highest BCUT2D eigenvalue weighted by Gasteiger charge is 2.18. The Labute approximate surface area is 172 Å². The molecule has 0 aliphatic heterocycles. The number of benzene rings is 3. The smallest absolute Gasteiger partial charge is 0.261 e. The Morgan fingerprint density at radius 1 is 1.00 bits per heavy atom. The molecule has 29 heavy (non-hydrogen) atoms. The van der Waals surface area contributed by atoms with Gasteiger partial charge >= 0.3 is 0 Å². The Morgan fingerprint density at radius 3 is 2.28 bits per heavy atom. The third-order valence-corrected chi connectivity index (χ3v) is 5.56. The zero-order valence-electron chi connectivity index (χ0n) is 15.1. The van der Waals surface area contributed by atoms with Crippen molar-refractivity contribution in [3.05, 3.63) is 83.1 Å². The van der Waals surface area contributed by atoms with Gasteiger partial charge in [-0.1, -0.05) is 11.6 Å². The molecule has 0 fully saturated rings. The number of halogens is 2. The summed E-state index contributed by atoms with van der Waals surface area (Å²) >= 11 is 5.82. The second kappa shape index (κ2) is 8.50. The van der Waals surface area contributed by atoms with E-state index in [2.05, 4.69) is 10.0 Å². The highest BCUT2D eigenvalue weighted by Crippen LogP contribution is 2.29. The fraction of sp³-hybridized carbons (Fsp3) is 0.0500. The van der Waals surface area contributed by atoms with Crippen molar-refractivity contribution >= 4 is 38.9 Å². The first kappa shape index (κ1) is 20.6. The third-order valence-electron chi connectivity index (χ3n) is 3.93. The number of ether oxygens (including phenoxy) is 1. The van der Waals surface area contributed by atoms with Crippen molar-refractivity contribution in [3.63, 3.8) is 0 Å². The van der Waals surface area contributed by atoms with Crippen LogP contribution in [0.1, 0.15) is 10.4 Å². The van der Waals surface area contributed by atoms with Gasteiger partial charge in [0.1, 0.15) is 11.6 Å². The van der Waals surface area contributed by atoms with Crippen LogP contribution in [0.5, 0.6) is 5.75 Å². The second-order valence-electron chi connectivity index (χ2n) is 5.94. The maximum atomic E-state index is 13.0. The van der Waals surface area contributed by atoms with Gasteiger partial charge in [0.15, 0.2) is 0 Å². The zero-order chi connectivity index (χ0) is 21.0. The van der Waals surface area contributed by atoms with Crippen LogP contribution in [0.3, 0.4) is 0 Å². The molecule has 3 aromatic rings. The fourth-order valence-corrected chi connectivity index (χ4v) is 3.69. The molecule has 6 nitrogen and oxygen atoms in total. The number of rotatable bonds is 6. The lowest BCUT2D eigenvalue weighted by molar-refractivity contribution is 0.102. The normalized spacial score (nSPS) is 11.0. The minimum atomic E-state index is -3.98. The summed E-state index contributed by atoms with van der Waals surface area (Å²) in [5.74, 6) is -0.654. The van der Waals surface area contributed by atoms with Gasteiger partial charge < -0.3 is 10.1 Å². The molecule has 1 amide bonds. The molecule has 0 saturated carbocycles. The largest absolute Gasteiger partial charge is 0.495 e. The van der Waals surface area contributed by atoms with Gasteiger partial charge in [-0.15, -0.1) is 0 Å². The highest BCUT2D eigenvalue weighted by atomic mass is 35.5. The van der Waals surface area contributed by atoms with E-state index >= 15 is 0 Å². The molecule has 3 aromatic carbocycles. The van der Waals surface area contributed by atoms with Crippen LogP contribution >= 0.6 is 11.6 Å². The van der Waals surface area contributed by atoms with Crippen LogP contribution in [-0.2, 0) is 10.0 Å². The molecule has 3 rings (SSSR count). The van der Waals surface area contributed by atoms with Crippen LogP contribution < -0.4 is 14.8 Å². The van der Waals surface area contributed by atoms with Crippen LogP contribution in [-0.4, -0.2) is 21.4 Å². The van der Waals surface area contributed by atoms with Crippen LogP contribution in [0.25, 0.3) is 0 Å². The van der Waals surface area contributed by atoms with Gasteiger partial charge in [0.2, 0.25) is 0 Å². The van der Waals surface area contributed by atoms with Crippen LogP contribution in [0, 0.1) is 5.82 Å². The molecule has 0 unspecified atom stereocenters. The maximum Gasteiger partial charge on any atom is 0.261 e.